The Hall–Kier alpha value is -2.24. The summed E-state index contributed by atoms with van der Waals surface area (Å²) >= 11 is 0. The smallest absolute Gasteiger partial charge is 0.220 e. The zero-order chi connectivity index (χ0) is 17.9. The van der Waals surface area contributed by atoms with E-state index in [1.54, 1.807) is 6.20 Å². The molecule has 0 bridgehead atoms. The molecule has 2 heterocycles. The summed E-state index contributed by atoms with van der Waals surface area (Å²) in [6.07, 6.45) is 2.89. The van der Waals surface area contributed by atoms with Crippen LogP contribution in [0.3, 0.4) is 0 Å². The molecule has 0 unspecified atom stereocenters. The number of nitrogens with zero attached hydrogens (tertiary/aromatic N) is 3. The summed E-state index contributed by atoms with van der Waals surface area (Å²) in [7, 11) is 0. The maximum Gasteiger partial charge on any atom is 0.220 e. The summed E-state index contributed by atoms with van der Waals surface area (Å²) in [5.41, 5.74) is 3.52. The third-order valence-corrected chi connectivity index (χ3v) is 3.76. The van der Waals surface area contributed by atoms with Crippen LogP contribution in [0.5, 0.6) is 0 Å². The summed E-state index contributed by atoms with van der Waals surface area (Å²) in [4.78, 5) is 20.7. The maximum absolute atomic E-state index is 12.0. The minimum Gasteiger partial charge on any atom is -0.356 e. The molecule has 2 aromatic rings. The van der Waals surface area contributed by atoms with E-state index in [1.165, 1.54) is 0 Å². The highest BCUT2D eigenvalue weighted by Crippen LogP contribution is 2.27. The molecular formula is C18H26N4O2. The molecule has 0 saturated heterocycles. The lowest BCUT2D eigenvalue weighted by Crippen LogP contribution is -2.29. The van der Waals surface area contributed by atoms with E-state index in [0.717, 1.165) is 22.5 Å². The Morgan fingerprint density at radius 3 is 2.54 bits per heavy atom. The first kappa shape index (κ1) is 18.1. The monoisotopic (exact) mass is 330 g/mol. The van der Waals surface area contributed by atoms with Gasteiger partial charge in [-0.1, -0.05) is 25.9 Å². The van der Waals surface area contributed by atoms with Crippen LogP contribution in [-0.4, -0.2) is 27.6 Å². The van der Waals surface area contributed by atoms with E-state index in [4.69, 9.17) is 4.52 Å². The number of nitrogens with one attached hydrogen (secondary N) is 1. The van der Waals surface area contributed by atoms with Gasteiger partial charge in [0.2, 0.25) is 5.91 Å². The second-order valence-electron chi connectivity index (χ2n) is 7.34. The fourth-order valence-electron chi connectivity index (χ4n) is 2.43. The summed E-state index contributed by atoms with van der Waals surface area (Å²) in [6.45, 7) is 12.4. The molecule has 2 rings (SSSR count). The Kier molecular flexibility index (Phi) is 5.36. The Bertz CT molecular complexity index is 729. The highest BCUT2D eigenvalue weighted by Gasteiger charge is 2.18. The van der Waals surface area contributed by atoms with Crippen molar-refractivity contribution in [3.63, 3.8) is 0 Å². The predicted molar refractivity (Wildman–Crippen MR) is 92.5 cm³/mol. The van der Waals surface area contributed by atoms with Crippen molar-refractivity contribution in [2.75, 3.05) is 6.54 Å². The minimum atomic E-state index is -0.0186. The first-order valence-electron chi connectivity index (χ1n) is 8.20. The summed E-state index contributed by atoms with van der Waals surface area (Å²) in [5.74, 6) is 1.45. The van der Waals surface area contributed by atoms with E-state index in [9.17, 15) is 4.79 Å². The van der Waals surface area contributed by atoms with Crippen molar-refractivity contribution in [2.45, 2.75) is 54.4 Å². The van der Waals surface area contributed by atoms with Gasteiger partial charge in [-0.05, 0) is 26.2 Å². The summed E-state index contributed by atoms with van der Waals surface area (Å²) < 4.78 is 5.44. The van der Waals surface area contributed by atoms with Crippen LogP contribution in [0, 0.1) is 26.2 Å². The zero-order valence-electron chi connectivity index (χ0n) is 15.4. The van der Waals surface area contributed by atoms with Crippen molar-refractivity contribution >= 4 is 5.91 Å². The molecule has 0 fully saturated rings. The van der Waals surface area contributed by atoms with Crippen LogP contribution >= 0.6 is 0 Å². The van der Waals surface area contributed by atoms with Gasteiger partial charge in [0, 0.05) is 31.1 Å². The third kappa shape index (κ3) is 4.63. The molecule has 0 aromatic carbocycles. The molecule has 1 N–H and O–H groups in total. The number of amides is 1. The standard InChI is InChI=1S/C18H26N4O2/c1-11-12(2)22-24-17(11)14-10-20-13(3)21-15(14)7-8-19-16(23)9-18(4,5)6/h10H,7-9H2,1-6H3,(H,19,23). The molecule has 0 radical (unpaired) electrons. The Morgan fingerprint density at radius 2 is 1.96 bits per heavy atom. The van der Waals surface area contributed by atoms with E-state index in [-0.39, 0.29) is 11.3 Å². The predicted octanol–water partition coefficient (Wildman–Crippen LogP) is 3.15. The van der Waals surface area contributed by atoms with Crippen molar-refractivity contribution < 1.29 is 9.32 Å². The average Bonchev–Trinajstić information content (AvgIpc) is 2.77. The number of carbonyl (C=O) groups is 1. The van der Waals surface area contributed by atoms with Crippen molar-refractivity contribution in [1.29, 1.82) is 0 Å². The first-order chi connectivity index (χ1) is 11.2. The molecule has 130 valence electrons. The van der Waals surface area contributed by atoms with Gasteiger partial charge in [-0.25, -0.2) is 9.97 Å². The van der Waals surface area contributed by atoms with Crippen molar-refractivity contribution in [1.82, 2.24) is 20.4 Å². The third-order valence-electron chi connectivity index (χ3n) is 3.76. The second kappa shape index (κ2) is 7.11. The zero-order valence-corrected chi connectivity index (χ0v) is 15.4. The van der Waals surface area contributed by atoms with Crippen molar-refractivity contribution in [2.24, 2.45) is 5.41 Å². The van der Waals surface area contributed by atoms with E-state index >= 15 is 0 Å². The number of carbonyl (C=O) groups excluding carboxylic acids is 1. The number of rotatable bonds is 5. The fourth-order valence-corrected chi connectivity index (χ4v) is 2.43. The second-order valence-corrected chi connectivity index (χ2v) is 7.34. The van der Waals surface area contributed by atoms with E-state index in [1.807, 2.05) is 41.5 Å². The lowest BCUT2D eigenvalue weighted by Gasteiger charge is -2.17. The van der Waals surface area contributed by atoms with Crippen LogP contribution in [0.1, 0.15) is 50.0 Å². The van der Waals surface area contributed by atoms with Crippen LogP contribution in [0.2, 0.25) is 0 Å². The molecule has 0 aliphatic heterocycles. The Labute approximate surface area is 143 Å². The van der Waals surface area contributed by atoms with Gasteiger partial charge in [-0.2, -0.15) is 0 Å². The molecule has 0 aliphatic rings. The number of aromatic nitrogens is 3. The highest BCUT2D eigenvalue weighted by atomic mass is 16.5. The number of aryl methyl sites for hydroxylation is 2. The van der Waals surface area contributed by atoms with Gasteiger partial charge >= 0.3 is 0 Å². The molecule has 0 spiro atoms. The molecule has 2 aromatic heterocycles. The van der Waals surface area contributed by atoms with Gasteiger partial charge in [0.15, 0.2) is 5.76 Å². The van der Waals surface area contributed by atoms with E-state index in [0.29, 0.717) is 31.0 Å². The van der Waals surface area contributed by atoms with Gasteiger partial charge in [0.1, 0.15) is 5.82 Å². The Morgan fingerprint density at radius 1 is 1.25 bits per heavy atom. The molecule has 0 saturated carbocycles. The average molecular weight is 330 g/mol. The molecular weight excluding hydrogens is 304 g/mol. The summed E-state index contributed by atoms with van der Waals surface area (Å²) in [6, 6.07) is 0. The largest absolute Gasteiger partial charge is 0.356 e. The Balaban J connectivity index is 2.11. The highest BCUT2D eigenvalue weighted by molar-refractivity contribution is 5.76. The van der Waals surface area contributed by atoms with Gasteiger partial charge in [-0.15, -0.1) is 0 Å². The molecule has 6 heteroatoms. The van der Waals surface area contributed by atoms with Crippen molar-refractivity contribution in [3.8, 4) is 11.3 Å². The minimum absolute atomic E-state index is 0.0186. The first-order valence-corrected chi connectivity index (χ1v) is 8.20. The van der Waals surface area contributed by atoms with Crippen LogP contribution in [0.4, 0.5) is 0 Å². The normalized spacial score (nSPS) is 11.6. The van der Waals surface area contributed by atoms with E-state index in [2.05, 4.69) is 20.4 Å². The van der Waals surface area contributed by atoms with Crippen LogP contribution in [-0.2, 0) is 11.2 Å². The maximum atomic E-state index is 12.0. The van der Waals surface area contributed by atoms with Crippen LogP contribution < -0.4 is 5.32 Å². The number of hydrogen-bond donors (Lipinski definition) is 1. The van der Waals surface area contributed by atoms with Crippen molar-refractivity contribution in [3.05, 3.63) is 29.0 Å². The molecule has 6 nitrogen and oxygen atoms in total. The molecule has 24 heavy (non-hydrogen) atoms. The lowest BCUT2D eigenvalue weighted by molar-refractivity contribution is -0.122. The fraction of sp³-hybridized carbons (Fsp3) is 0.556. The molecule has 1 amide bonds. The van der Waals surface area contributed by atoms with E-state index < -0.39 is 0 Å². The van der Waals surface area contributed by atoms with Crippen LogP contribution in [0.25, 0.3) is 11.3 Å². The number of hydrogen-bond acceptors (Lipinski definition) is 5. The topological polar surface area (TPSA) is 80.9 Å². The van der Waals surface area contributed by atoms with Gasteiger partial charge in [0.05, 0.1) is 17.0 Å². The molecule has 0 aliphatic carbocycles. The van der Waals surface area contributed by atoms with Gasteiger partial charge < -0.3 is 9.84 Å². The lowest BCUT2D eigenvalue weighted by atomic mass is 9.92. The summed E-state index contributed by atoms with van der Waals surface area (Å²) in [5, 5.41) is 6.96. The van der Waals surface area contributed by atoms with Crippen LogP contribution in [0.15, 0.2) is 10.7 Å². The quantitative estimate of drug-likeness (QED) is 0.911. The SMILES string of the molecule is Cc1ncc(-c2onc(C)c2C)c(CCNC(=O)CC(C)(C)C)n1. The van der Waals surface area contributed by atoms with Gasteiger partial charge in [-0.3, -0.25) is 4.79 Å². The molecule has 0 atom stereocenters. The van der Waals surface area contributed by atoms with Gasteiger partial charge in [0.25, 0.3) is 0 Å².